The van der Waals surface area contributed by atoms with Gasteiger partial charge in [0.25, 0.3) is 17.8 Å². The average molecular weight is 1130 g/mol. The van der Waals surface area contributed by atoms with E-state index in [9.17, 15) is 14.4 Å². The molecule has 6 aromatic carbocycles. The monoisotopic (exact) mass is 1120 g/mol. The summed E-state index contributed by atoms with van der Waals surface area (Å²) in [5, 5.41) is 47.1. The number of carbonyl (C=O) groups is 5. The summed E-state index contributed by atoms with van der Waals surface area (Å²) < 4.78 is 29.8. The maximum Gasteiger partial charge on any atom is 0.488 e. The van der Waals surface area contributed by atoms with Crippen LogP contribution < -0.4 is 25.4 Å². The predicted molar refractivity (Wildman–Crippen MR) is 289 cm³/mol. The van der Waals surface area contributed by atoms with E-state index < -0.39 is 30.9 Å². The van der Waals surface area contributed by atoms with Crippen molar-refractivity contribution in [1.82, 2.24) is 29.8 Å². The molecule has 0 saturated heterocycles. The molecule has 0 atom stereocenters. The maximum atomic E-state index is 11.6. The summed E-state index contributed by atoms with van der Waals surface area (Å²) >= 11 is 0. The maximum absolute atomic E-state index is 11.6. The van der Waals surface area contributed by atoms with Crippen molar-refractivity contribution in [2.45, 2.75) is 27.7 Å². The molecule has 9 aromatic rings. The molecule has 0 aliphatic carbocycles. The Morgan fingerprint density at radius 1 is 0.506 bits per heavy atom. The van der Waals surface area contributed by atoms with Gasteiger partial charge in [-0.2, -0.15) is 15.3 Å². The molecule has 0 fully saturated rings. The van der Waals surface area contributed by atoms with Crippen LogP contribution in [-0.2, 0) is 36.1 Å². The molecule has 23 heteroatoms. The summed E-state index contributed by atoms with van der Waals surface area (Å²) in [6.45, 7) is 6.41. The van der Waals surface area contributed by atoms with Gasteiger partial charge in [0.1, 0.15) is 45.9 Å². The van der Waals surface area contributed by atoms with Crippen LogP contribution >= 0.6 is 0 Å². The molecule has 0 aliphatic heterocycles. The van der Waals surface area contributed by atoms with Gasteiger partial charge >= 0.3 is 19.1 Å². The molecule has 0 saturated carbocycles. The predicted octanol–water partition coefficient (Wildman–Crippen LogP) is 8.53. The van der Waals surface area contributed by atoms with E-state index in [4.69, 9.17) is 54.5 Å². The molecule has 3 aromatic heterocycles. The van der Waals surface area contributed by atoms with Crippen molar-refractivity contribution < 1.29 is 85.0 Å². The fourth-order valence-electron chi connectivity index (χ4n) is 5.87. The van der Waals surface area contributed by atoms with Crippen molar-refractivity contribution >= 4 is 42.4 Å². The second-order valence-electron chi connectivity index (χ2n) is 15.3. The topological polar surface area (TPSA) is 303 Å². The van der Waals surface area contributed by atoms with Gasteiger partial charge in [-0.1, -0.05) is 66.7 Å². The van der Waals surface area contributed by atoms with Crippen LogP contribution in [0.25, 0.3) is 11.4 Å². The molecule has 0 aliphatic rings. The average Bonchev–Trinajstić information content (AvgIpc) is 4.26. The van der Waals surface area contributed by atoms with Gasteiger partial charge in [-0.15, -0.1) is 0 Å². The van der Waals surface area contributed by atoms with Crippen molar-refractivity contribution in [1.29, 1.82) is 0 Å². The Labute approximate surface area is 465 Å². The van der Waals surface area contributed by atoms with Crippen molar-refractivity contribution in [3.63, 3.8) is 0 Å². The number of hydrogen-bond acceptors (Lipinski definition) is 15. The number of benzene rings is 6. The molecule has 9 rings (SSSR count). The van der Waals surface area contributed by atoms with E-state index in [1.54, 1.807) is 78.1 Å². The normalized spacial score (nSPS) is 9.54. The van der Waals surface area contributed by atoms with Crippen LogP contribution in [0.2, 0.25) is 0 Å². The number of para-hydroxylation sites is 3. The first-order chi connectivity index (χ1) is 37.5. The zero-order valence-electron chi connectivity index (χ0n) is 43.0. The minimum absolute atomic E-state index is 0. The molecule has 21 nitrogen and oxygen atoms in total. The van der Waals surface area contributed by atoms with E-state index in [1.807, 2.05) is 140 Å². The SMILES string of the molecule is CC(=O)O.CC(=O)O.CCOC(=O)c1ccn(-c2ccc(Oc3ccccc3)cc2)n1.CCOC(=O)c1ccn[nH]1.NC(=O)c1ccn(-c2ccc(Oc3ccccc3)cc2)n1.OB(O)c1ccc(Oc2ccccc2)cc1.[Cu]. The van der Waals surface area contributed by atoms with Gasteiger partial charge in [-0.25, -0.2) is 19.0 Å². The third kappa shape index (κ3) is 24.2. The molecule has 79 heavy (non-hydrogen) atoms. The zero-order valence-corrected chi connectivity index (χ0v) is 44.0. The minimum atomic E-state index is -1.44. The van der Waals surface area contributed by atoms with E-state index in [0.717, 1.165) is 54.0 Å². The summed E-state index contributed by atoms with van der Waals surface area (Å²) in [7, 11) is -1.44. The molecule has 0 spiro atoms. The smallest absolute Gasteiger partial charge is 0.481 e. The number of carbonyl (C=O) groups excluding carboxylic acids is 3. The Morgan fingerprint density at radius 2 is 0.848 bits per heavy atom. The van der Waals surface area contributed by atoms with Gasteiger partial charge in [0.2, 0.25) is 0 Å². The summed E-state index contributed by atoms with van der Waals surface area (Å²) in [6.07, 6.45) is 4.92. The van der Waals surface area contributed by atoms with Gasteiger partial charge in [0.05, 0.1) is 24.6 Å². The van der Waals surface area contributed by atoms with E-state index in [0.29, 0.717) is 30.1 Å². The van der Waals surface area contributed by atoms with Gasteiger partial charge in [-0.3, -0.25) is 19.5 Å². The molecular weight excluding hydrogens is 1070 g/mol. The minimum Gasteiger partial charge on any atom is -0.481 e. The molecule has 3 heterocycles. The number of rotatable bonds is 14. The first-order valence-electron chi connectivity index (χ1n) is 23.5. The van der Waals surface area contributed by atoms with Gasteiger partial charge < -0.3 is 49.7 Å². The van der Waals surface area contributed by atoms with Gasteiger partial charge in [-0.05, 0) is 135 Å². The van der Waals surface area contributed by atoms with Crippen molar-refractivity contribution in [2.75, 3.05) is 13.2 Å². The number of amides is 1. The number of nitrogens with one attached hydrogen (secondary N) is 1. The fraction of sp³-hybridized carbons (Fsp3) is 0.107. The van der Waals surface area contributed by atoms with E-state index in [-0.39, 0.29) is 34.4 Å². The summed E-state index contributed by atoms with van der Waals surface area (Å²) in [5.41, 5.74) is 8.20. The zero-order chi connectivity index (χ0) is 56.7. The standard InChI is InChI=1S/C18H16N2O3.C16H13N3O2.C12H11BO3.C6H8N2O2.2C2H4O2.Cu/c1-2-22-18(21)17-12-13-20(19-17)14-8-10-16(11-9-14)23-15-6-4-3-5-7-15;17-16(20)15-10-11-19(18-15)12-6-8-14(9-7-12)21-13-4-2-1-3-5-13;14-13(15)10-6-8-12(9-7-10)16-11-4-2-1-3-5-11;1-2-10-6(9)5-3-4-7-8-5;2*1-2(3)4;/h3-13H,2H2,1H3;1-11H,(H2,17,20);1-9,14-15H;3-4H,2H2,1H3,(H,7,8);2*1H3,(H,3,4);. The Kier molecular flexibility index (Phi) is 27.9. The van der Waals surface area contributed by atoms with E-state index in [2.05, 4.69) is 25.1 Å². The fourth-order valence-corrected chi connectivity index (χ4v) is 5.87. The second-order valence-corrected chi connectivity index (χ2v) is 15.3. The van der Waals surface area contributed by atoms with E-state index in [1.165, 1.54) is 6.20 Å². The quantitative estimate of drug-likeness (QED) is 0.0439. The second kappa shape index (κ2) is 34.7. The summed E-state index contributed by atoms with van der Waals surface area (Å²) in [4.78, 5) is 51.5. The van der Waals surface area contributed by atoms with Gasteiger partial charge in [0.15, 0.2) is 5.69 Å². The number of aliphatic carboxylic acids is 2. The number of H-pyrrole nitrogens is 1. The number of carboxylic acids is 2. The van der Waals surface area contributed by atoms with Gasteiger partial charge in [0, 0.05) is 49.5 Å². The Balaban J connectivity index is 0.000000271. The number of aromatic amines is 1. The van der Waals surface area contributed by atoms with Crippen LogP contribution in [0, 0.1) is 0 Å². The number of ether oxygens (including phenoxy) is 5. The van der Waals surface area contributed by atoms with Crippen LogP contribution in [0.5, 0.6) is 34.5 Å². The first kappa shape index (κ1) is 63.5. The molecule has 1 radical (unpaired) electrons. The first-order valence-corrected chi connectivity index (χ1v) is 23.5. The third-order valence-electron chi connectivity index (χ3n) is 9.23. The number of nitrogens with zero attached hydrogens (tertiary/aromatic N) is 5. The van der Waals surface area contributed by atoms with E-state index >= 15 is 0 Å². The number of primary amides is 1. The molecule has 7 N–H and O–H groups in total. The molecule has 0 bridgehead atoms. The van der Waals surface area contributed by atoms with Crippen LogP contribution in [0.3, 0.4) is 0 Å². The van der Waals surface area contributed by atoms with Crippen LogP contribution in [-0.4, -0.2) is 100 Å². The Bertz CT molecular complexity index is 3170. The third-order valence-corrected chi connectivity index (χ3v) is 9.23. The van der Waals surface area contributed by atoms with Crippen molar-refractivity contribution in [2.24, 2.45) is 5.73 Å². The van der Waals surface area contributed by atoms with Crippen molar-refractivity contribution in [3.8, 4) is 45.9 Å². The molecule has 0 unspecified atom stereocenters. The number of carboxylic acid groups (broad SMARTS) is 2. The number of hydrogen-bond donors (Lipinski definition) is 6. The van der Waals surface area contributed by atoms with Crippen LogP contribution in [0.4, 0.5) is 0 Å². The van der Waals surface area contributed by atoms with Crippen molar-refractivity contribution in [3.05, 3.63) is 218 Å². The number of esters is 2. The summed E-state index contributed by atoms with van der Waals surface area (Å²) in [6, 6.07) is 54.8. The number of nitrogens with two attached hydrogens (primary N) is 1. The van der Waals surface area contributed by atoms with Crippen LogP contribution in [0.15, 0.2) is 201 Å². The molecular formula is C56H56BCuN7O14. The van der Waals surface area contributed by atoms with Crippen LogP contribution in [0.1, 0.15) is 59.2 Å². The largest absolute Gasteiger partial charge is 0.488 e. The Hall–Kier alpha value is -9.80. The number of aromatic nitrogens is 6. The molecule has 413 valence electrons. The summed E-state index contributed by atoms with van der Waals surface area (Å²) in [5.74, 6) is 1.44. The molecule has 1 amide bonds. The Morgan fingerprint density at radius 3 is 1.18 bits per heavy atom.